The van der Waals surface area contributed by atoms with Gasteiger partial charge in [-0.3, -0.25) is 19.8 Å². The van der Waals surface area contributed by atoms with Gasteiger partial charge in [-0.25, -0.2) is 9.69 Å². The Balaban J connectivity index is 1.66. The number of carbonyl (C=O) groups is 2. The maximum atomic E-state index is 13.0. The average molecular weight is 385 g/mol. The lowest BCUT2D eigenvalue weighted by Crippen LogP contribution is -2.33. The van der Waals surface area contributed by atoms with Crippen LogP contribution < -0.4 is 9.64 Å². The second-order valence-corrected chi connectivity index (χ2v) is 7.23. The zero-order chi connectivity index (χ0) is 19.1. The molecular formula is C18H15N3O5S. The first kappa shape index (κ1) is 17.3. The molecule has 0 N–H and O–H groups in total. The number of thioether (sulfide) groups is 1. The van der Waals surface area contributed by atoms with Crippen molar-refractivity contribution in [3.8, 4) is 5.75 Å². The van der Waals surface area contributed by atoms with Crippen LogP contribution in [0.3, 0.4) is 0 Å². The summed E-state index contributed by atoms with van der Waals surface area (Å²) < 4.78 is 5.11. The van der Waals surface area contributed by atoms with E-state index in [4.69, 9.17) is 4.74 Å². The Bertz CT molecular complexity index is 933. The summed E-state index contributed by atoms with van der Waals surface area (Å²) in [6.07, 6.45) is 0. The summed E-state index contributed by atoms with van der Waals surface area (Å²) in [7, 11) is 1.54. The summed E-state index contributed by atoms with van der Waals surface area (Å²) in [6.45, 7) is 0. The SMILES string of the molecule is COc1ccc(N2C(=O)C3CSC(c4cccc([N+](=O)[O-])c4)N3C2=O)cc1. The van der Waals surface area contributed by atoms with E-state index >= 15 is 0 Å². The Morgan fingerprint density at radius 1 is 1.19 bits per heavy atom. The highest BCUT2D eigenvalue weighted by atomic mass is 32.2. The van der Waals surface area contributed by atoms with Gasteiger partial charge in [0.25, 0.3) is 11.6 Å². The van der Waals surface area contributed by atoms with Gasteiger partial charge in [0.2, 0.25) is 0 Å². The van der Waals surface area contributed by atoms with Crippen LogP contribution in [-0.2, 0) is 4.79 Å². The van der Waals surface area contributed by atoms with Gasteiger partial charge in [0, 0.05) is 17.9 Å². The lowest BCUT2D eigenvalue weighted by Gasteiger charge is -2.23. The number of hydrogen-bond donors (Lipinski definition) is 0. The number of nitro benzene ring substituents is 1. The standard InChI is InChI=1S/C18H15N3O5S/c1-26-14-7-5-12(6-8-14)19-16(22)15-10-27-17(20(15)18(19)23)11-3-2-4-13(9-11)21(24)25/h2-9,15,17H,10H2,1H3. The van der Waals surface area contributed by atoms with Crippen molar-refractivity contribution in [2.75, 3.05) is 17.8 Å². The molecule has 2 fully saturated rings. The lowest BCUT2D eigenvalue weighted by molar-refractivity contribution is -0.384. The van der Waals surface area contributed by atoms with Crippen molar-refractivity contribution >= 4 is 35.1 Å². The van der Waals surface area contributed by atoms with Crippen LogP contribution in [0.5, 0.6) is 5.75 Å². The van der Waals surface area contributed by atoms with E-state index in [0.29, 0.717) is 22.8 Å². The molecule has 4 rings (SSSR count). The molecule has 0 radical (unpaired) electrons. The largest absolute Gasteiger partial charge is 0.497 e. The van der Waals surface area contributed by atoms with Gasteiger partial charge < -0.3 is 4.74 Å². The minimum Gasteiger partial charge on any atom is -0.497 e. The Kier molecular flexibility index (Phi) is 4.23. The number of anilines is 1. The number of imide groups is 1. The maximum absolute atomic E-state index is 13.0. The van der Waals surface area contributed by atoms with Crippen LogP contribution in [-0.4, -0.2) is 40.7 Å². The zero-order valence-electron chi connectivity index (χ0n) is 14.3. The third-order valence-electron chi connectivity index (χ3n) is 4.61. The van der Waals surface area contributed by atoms with Gasteiger partial charge in [-0.2, -0.15) is 0 Å². The van der Waals surface area contributed by atoms with E-state index in [2.05, 4.69) is 0 Å². The second kappa shape index (κ2) is 6.58. The van der Waals surface area contributed by atoms with Gasteiger partial charge in [-0.05, 0) is 29.8 Å². The predicted molar refractivity (Wildman–Crippen MR) is 99.8 cm³/mol. The number of urea groups is 1. The van der Waals surface area contributed by atoms with Gasteiger partial charge in [-0.1, -0.05) is 12.1 Å². The number of hydrogen-bond acceptors (Lipinski definition) is 6. The number of benzene rings is 2. The Morgan fingerprint density at radius 2 is 1.93 bits per heavy atom. The third-order valence-corrected chi connectivity index (χ3v) is 5.94. The highest BCUT2D eigenvalue weighted by Crippen LogP contribution is 2.46. The van der Waals surface area contributed by atoms with Crippen LogP contribution in [0, 0.1) is 10.1 Å². The summed E-state index contributed by atoms with van der Waals surface area (Å²) in [5.41, 5.74) is 1.07. The van der Waals surface area contributed by atoms with E-state index in [-0.39, 0.29) is 11.6 Å². The normalized spacial score (nSPS) is 21.5. The van der Waals surface area contributed by atoms with Gasteiger partial charge in [0.15, 0.2) is 0 Å². The predicted octanol–water partition coefficient (Wildman–Crippen LogP) is 3.19. The monoisotopic (exact) mass is 385 g/mol. The molecule has 2 unspecified atom stereocenters. The fourth-order valence-corrected chi connectivity index (χ4v) is 4.71. The highest BCUT2D eigenvalue weighted by molar-refractivity contribution is 7.99. The van der Waals surface area contributed by atoms with Crippen LogP contribution in [0.15, 0.2) is 48.5 Å². The molecule has 27 heavy (non-hydrogen) atoms. The minimum absolute atomic E-state index is 0.0402. The van der Waals surface area contributed by atoms with E-state index in [1.807, 2.05) is 0 Å². The van der Waals surface area contributed by atoms with Gasteiger partial charge in [0.1, 0.15) is 17.2 Å². The first-order valence-corrected chi connectivity index (χ1v) is 9.22. The molecule has 0 aromatic heterocycles. The summed E-state index contributed by atoms with van der Waals surface area (Å²) in [6, 6.07) is 11.9. The van der Waals surface area contributed by atoms with E-state index in [9.17, 15) is 19.7 Å². The molecule has 2 aromatic carbocycles. The van der Waals surface area contributed by atoms with E-state index in [1.165, 1.54) is 35.9 Å². The van der Waals surface area contributed by atoms with Gasteiger partial charge in [0.05, 0.1) is 17.7 Å². The summed E-state index contributed by atoms with van der Waals surface area (Å²) >= 11 is 1.43. The first-order valence-electron chi connectivity index (χ1n) is 8.17. The molecule has 2 atom stereocenters. The zero-order valence-corrected chi connectivity index (χ0v) is 15.1. The van der Waals surface area contributed by atoms with Crippen molar-refractivity contribution in [2.24, 2.45) is 0 Å². The van der Waals surface area contributed by atoms with Gasteiger partial charge in [-0.15, -0.1) is 11.8 Å². The van der Waals surface area contributed by atoms with Crippen LogP contribution >= 0.6 is 11.8 Å². The lowest BCUT2D eigenvalue weighted by atomic mass is 10.1. The fraction of sp³-hybridized carbons (Fsp3) is 0.222. The average Bonchev–Trinajstić information content (AvgIpc) is 3.22. The number of methoxy groups -OCH3 is 1. The topological polar surface area (TPSA) is 93.0 Å². The summed E-state index contributed by atoms with van der Waals surface area (Å²) in [5.74, 6) is 0.791. The number of fused-ring (bicyclic) bond motifs is 1. The molecule has 2 heterocycles. The fourth-order valence-electron chi connectivity index (χ4n) is 3.31. The van der Waals surface area contributed by atoms with Crippen molar-refractivity contribution in [3.05, 3.63) is 64.2 Å². The number of nitrogens with zero attached hydrogens (tertiary/aromatic N) is 3. The van der Waals surface area contributed by atoms with Crippen LogP contribution in [0.1, 0.15) is 10.9 Å². The van der Waals surface area contributed by atoms with Crippen molar-refractivity contribution in [1.29, 1.82) is 0 Å². The molecule has 2 aromatic rings. The van der Waals surface area contributed by atoms with Crippen molar-refractivity contribution < 1.29 is 19.2 Å². The molecule has 0 aliphatic carbocycles. The molecule has 2 aliphatic rings. The van der Waals surface area contributed by atoms with Gasteiger partial charge >= 0.3 is 6.03 Å². The molecule has 2 saturated heterocycles. The van der Waals surface area contributed by atoms with Crippen LogP contribution in [0.2, 0.25) is 0 Å². The van der Waals surface area contributed by atoms with E-state index in [0.717, 1.165) is 4.90 Å². The van der Waals surface area contributed by atoms with Crippen molar-refractivity contribution in [3.63, 3.8) is 0 Å². The number of carbonyl (C=O) groups excluding carboxylic acids is 2. The smallest absolute Gasteiger partial charge is 0.333 e. The summed E-state index contributed by atoms with van der Waals surface area (Å²) in [5, 5.41) is 10.6. The van der Waals surface area contributed by atoms with Crippen molar-refractivity contribution in [1.82, 2.24) is 4.90 Å². The van der Waals surface area contributed by atoms with E-state index < -0.39 is 22.4 Å². The molecule has 0 spiro atoms. The molecule has 138 valence electrons. The minimum atomic E-state index is -0.575. The highest BCUT2D eigenvalue weighted by Gasteiger charge is 2.53. The number of non-ortho nitro benzene ring substituents is 1. The Hall–Kier alpha value is -3.07. The molecule has 0 bridgehead atoms. The number of rotatable bonds is 4. The summed E-state index contributed by atoms with van der Waals surface area (Å²) in [4.78, 5) is 39.1. The maximum Gasteiger partial charge on any atom is 0.333 e. The van der Waals surface area contributed by atoms with Crippen LogP contribution in [0.4, 0.5) is 16.2 Å². The molecule has 0 saturated carbocycles. The number of amides is 3. The Morgan fingerprint density at radius 3 is 2.59 bits per heavy atom. The van der Waals surface area contributed by atoms with Crippen LogP contribution in [0.25, 0.3) is 0 Å². The molecule has 2 aliphatic heterocycles. The quantitative estimate of drug-likeness (QED) is 0.456. The molecular weight excluding hydrogens is 370 g/mol. The Labute approximate surface area is 158 Å². The number of ether oxygens (including phenoxy) is 1. The number of nitro groups is 1. The third kappa shape index (κ3) is 2.80. The second-order valence-electron chi connectivity index (χ2n) is 6.12. The first-order chi connectivity index (χ1) is 13.0. The molecule has 8 nitrogen and oxygen atoms in total. The molecule has 9 heteroatoms. The molecule has 3 amide bonds. The van der Waals surface area contributed by atoms with Crippen molar-refractivity contribution in [2.45, 2.75) is 11.4 Å². The van der Waals surface area contributed by atoms with E-state index in [1.54, 1.807) is 36.4 Å².